The van der Waals surface area contributed by atoms with E-state index in [-0.39, 0.29) is 0 Å². The molecule has 0 aromatic carbocycles. The van der Waals surface area contributed by atoms with Crippen LogP contribution in [0.25, 0.3) is 0 Å². The van der Waals surface area contributed by atoms with Crippen LogP contribution >= 0.6 is 0 Å². The zero-order chi connectivity index (χ0) is 18.4. The van der Waals surface area contributed by atoms with Gasteiger partial charge >= 0.3 is 0 Å². The first-order valence-electron chi connectivity index (χ1n) is 12.5. The molecule has 0 heteroatoms. The molecule has 4 saturated carbocycles. The third-order valence-electron chi connectivity index (χ3n) is 10.9. The lowest BCUT2D eigenvalue weighted by molar-refractivity contribution is -0.175. The highest BCUT2D eigenvalue weighted by Crippen LogP contribution is 2.73. The first kappa shape index (κ1) is 19.3. The second-order valence-electron chi connectivity index (χ2n) is 11.5. The number of hydrogen-bond acceptors (Lipinski definition) is 0. The average Bonchev–Trinajstić information content (AvgIpc) is 2.98. The van der Waals surface area contributed by atoms with Crippen molar-refractivity contribution in [3.05, 3.63) is 0 Å². The molecule has 0 heterocycles. The summed E-state index contributed by atoms with van der Waals surface area (Å²) in [6.07, 6.45) is 22.9. The SMILES string of the molecule is CCCCCC1CCC2C1(C)CCC1C3(C)CCCCC3CCC12CC. The van der Waals surface area contributed by atoms with Crippen LogP contribution < -0.4 is 0 Å². The van der Waals surface area contributed by atoms with E-state index in [0.717, 1.165) is 23.7 Å². The Morgan fingerprint density at radius 2 is 1.54 bits per heavy atom. The molecular formula is C26H46. The van der Waals surface area contributed by atoms with Gasteiger partial charge in [-0.2, -0.15) is 0 Å². The van der Waals surface area contributed by atoms with E-state index in [4.69, 9.17) is 0 Å². The quantitative estimate of drug-likeness (QED) is 0.433. The van der Waals surface area contributed by atoms with E-state index in [1.807, 2.05) is 0 Å². The van der Waals surface area contributed by atoms with Gasteiger partial charge in [0.25, 0.3) is 0 Å². The highest BCUT2D eigenvalue weighted by molar-refractivity contribution is 5.14. The summed E-state index contributed by atoms with van der Waals surface area (Å²) in [5.74, 6) is 4.20. The maximum Gasteiger partial charge on any atom is -0.0233 e. The van der Waals surface area contributed by atoms with Crippen LogP contribution in [-0.4, -0.2) is 0 Å². The standard InChI is InChI=1S/C26H46/c1-5-7-8-11-20-13-14-22-25(20,4)18-16-23-24(3)17-10-9-12-21(24)15-19-26(22,23)6-2/h20-23H,5-19H2,1-4H3. The van der Waals surface area contributed by atoms with Crippen molar-refractivity contribution in [3.63, 3.8) is 0 Å². The van der Waals surface area contributed by atoms with Gasteiger partial charge in [-0.1, -0.05) is 59.8 Å². The second kappa shape index (κ2) is 7.11. The van der Waals surface area contributed by atoms with Crippen LogP contribution in [0.1, 0.15) is 124 Å². The molecule has 0 aliphatic heterocycles. The lowest BCUT2D eigenvalue weighted by atomic mass is 9.38. The predicted octanol–water partition coefficient (Wildman–Crippen LogP) is 8.40. The molecule has 0 saturated heterocycles. The maximum atomic E-state index is 2.75. The Labute approximate surface area is 164 Å². The molecule has 0 amide bonds. The topological polar surface area (TPSA) is 0 Å². The van der Waals surface area contributed by atoms with Gasteiger partial charge in [0.1, 0.15) is 0 Å². The summed E-state index contributed by atoms with van der Waals surface area (Å²) >= 11 is 0. The van der Waals surface area contributed by atoms with Crippen molar-refractivity contribution in [1.82, 2.24) is 0 Å². The van der Waals surface area contributed by atoms with Crippen molar-refractivity contribution in [3.8, 4) is 0 Å². The molecule has 0 radical (unpaired) electrons. The van der Waals surface area contributed by atoms with Gasteiger partial charge in [0.05, 0.1) is 0 Å². The van der Waals surface area contributed by atoms with E-state index in [1.165, 1.54) is 44.9 Å². The molecule has 7 unspecified atom stereocenters. The Morgan fingerprint density at radius 3 is 2.31 bits per heavy atom. The lowest BCUT2D eigenvalue weighted by Gasteiger charge is -2.66. The zero-order valence-corrected chi connectivity index (χ0v) is 18.4. The fourth-order valence-electron chi connectivity index (χ4n) is 9.55. The summed E-state index contributed by atoms with van der Waals surface area (Å²) in [7, 11) is 0. The normalized spacial score (nSPS) is 50.8. The van der Waals surface area contributed by atoms with Gasteiger partial charge < -0.3 is 0 Å². The van der Waals surface area contributed by atoms with E-state index in [1.54, 1.807) is 51.4 Å². The van der Waals surface area contributed by atoms with Gasteiger partial charge in [0, 0.05) is 0 Å². The molecule has 4 aliphatic rings. The fourth-order valence-corrected chi connectivity index (χ4v) is 9.55. The van der Waals surface area contributed by atoms with Crippen molar-refractivity contribution >= 4 is 0 Å². The largest absolute Gasteiger partial charge is 0.0654 e. The monoisotopic (exact) mass is 358 g/mol. The first-order chi connectivity index (χ1) is 12.5. The van der Waals surface area contributed by atoms with Crippen molar-refractivity contribution < 1.29 is 0 Å². The number of rotatable bonds is 5. The van der Waals surface area contributed by atoms with E-state index >= 15 is 0 Å². The third-order valence-corrected chi connectivity index (χ3v) is 10.9. The van der Waals surface area contributed by atoms with Crippen LogP contribution in [0.5, 0.6) is 0 Å². The van der Waals surface area contributed by atoms with Gasteiger partial charge in [0.15, 0.2) is 0 Å². The Bertz CT molecular complexity index is 494. The highest BCUT2D eigenvalue weighted by Gasteiger charge is 2.65. The fraction of sp³-hybridized carbons (Fsp3) is 1.00. The molecule has 4 fully saturated rings. The molecule has 0 nitrogen and oxygen atoms in total. The van der Waals surface area contributed by atoms with Crippen LogP contribution in [0.15, 0.2) is 0 Å². The molecule has 4 rings (SSSR count). The molecule has 0 aromatic rings. The highest BCUT2D eigenvalue weighted by atomic mass is 14.7. The Hall–Kier alpha value is 0. The molecular weight excluding hydrogens is 312 g/mol. The minimum atomic E-state index is 0.679. The maximum absolute atomic E-state index is 2.75. The van der Waals surface area contributed by atoms with Crippen LogP contribution in [0.4, 0.5) is 0 Å². The molecule has 0 N–H and O–H groups in total. The Kier molecular flexibility index (Phi) is 5.28. The molecule has 7 atom stereocenters. The summed E-state index contributed by atoms with van der Waals surface area (Å²) < 4.78 is 0. The first-order valence-corrected chi connectivity index (χ1v) is 12.5. The van der Waals surface area contributed by atoms with E-state index in [0.29, 0.717) is 16.2 Å². The molecule has 0 aromatic heterocycles. The second-order valence-corrected chi connectivity index (χ2v) is 11.5. The van der Waals surface area contributed by atoms with Crippen LogP contribution in [0, 0.1) is 39.9 Å². The number of hydrogen-bond donors (Lipinski definition) is 0. The molecule has 4 aliphatic carbocycles. The van der Waals surface area contributed by atoms with Gasteiger partial charge in [-0.05, 0) is 104 Å². The third kappa shape index (κ3) is 2.67. The summed E-state index contributed by atoms with van der Waals surface area (Å²) in [5, 5.41) is 0. The van der Waals surface area contributed by atoms with Crippen molar-refractivity contribution in [2.24, 2.45) is 39.9 Å². The van der Waals surface area contributed by atoms with Crippen molar-refractivity contribution in [2.45, 2.75) is 124 Å². The Balaban J connectivity index is 1.61. The summed E-state index contributed by atoms with van der Waals surface area (Å²) in [6.45, 7) is 10.4. The minimum absolute atomic E-state index is 0.679. The molecule has 26 heavy (non-hydrogen) atoms. The average molecular weight is 359 g/mol. The summed E-state index contributed by atoms with van der Waals surface area (Å²) in [5.41, 5.74) is 2.07. The van der Waals surface area contributed by atoms with E-state index in [9.17, 15) is 0 Å². The predicted molar refractivity (Wildman–Crippen MR) is 113 cm³/mol. The van der Waals surface area contributed by atoms with Gasteiger partial charge in [-0.25, -0.2) is 0 Å². The number of fused-ring (bicyclic) bond motifs is 5. The summed E-state index contributed by atoms with van der Waals surface area (Å²) in [6, 6.07) is 0. The lowest BCUT2D eigenvalue weighted by Crippen LogP contribution is -2.59. The molecule has 0 spiro atoms. The van der Waals surface area contributed by atoms with Gasteiger partial charge in [-0.3, -0.25) is 0 Å². The van der Waals surface area contributed by atoms with Crippen molar-refractivity contribution in [2.75, 3.05) is 0 Å². The van der Waals surface area contributed by atoms with Gasteiger partial charge in [0.2, 0.25) is 0 Å². The van der Waals surface area contributed by atoms with Crippen LogP contribution in [0.2, 0.25) is 0 Å². The number of unbranched alkanes of at least 4 members (excludes halogenated alkanes) is 2. The van der Waals surface area contributed by atoms with E-state index < -0.39 is 0 Å². The van der Waals surface area contributed by atoms with E-state index in [2.05, 4.69) is 27.7 Å². The zero-order valence-electron chi connectivity index (χ0n) is 18.4. The Morgan fingerprint density at radius 1 is 0.731 bits per heavy atom. The van der Waals surface area contributed by atoms with Crippen LogP contribution in [0.3, 0.4) is 0 Å². The van der Waals surface area contributed by atoms with Gasteiger partial charge in [-0.15, -0.1) is 0 Å². The minimum Gasteiger partial charge on any atom is -0.0654 e. The molecule has 0 bridgehead atoms. The summed E-state index contributed by atoms with van der Waals surface area (Å²) in [4.78, 5) is 0. The smallest absolute Gasteiger partial charge is 0.0233 e. The van der Waals surface area contributed by atoms with Crippen molar-refractivity contribution in [1.29, 1.82) is 0 Å². The molecule has 150 valence electrons. The van der Waals surface area contributed by atoms with Crippen LogP contribution in [-0.2, 0) is 0 Å².